The van der Waals surface area contributed by atoms with Gasteiger partial charge in [-0.25, -0.2) is 9.78 Å². The first kappa shape index (κ1) is 27.0. The van der Waals surface area contributed by atoms with E-state index in [4.69, 9.17) is 16.4 Å². The summed E-state index contributed by atoms with van der Waals surface area (Å²) in [6, 6.07) is 2.33. The number of carbonyl (C=O) groups is 5. The van der Waals surface area contributed by atoms with Gasteiger partial charge in [-0.3, -0.25) is 24.1 Å². The molecule has 4 rings (SSSR count). The number of thiazole rings is 1. The molecule has 2 atom stereocenters. The van der Waals surface area contributed by atoms with Crippen LogP contribution in [0.3, 0.4) is 0 Å². The summed E-state index contributed by atoms with van der Waals surface area (Å²) in [6.45, 7) is 0.167. The standard InChI is InChI=1S/C21H18ClN7O7S2/c1-36-27-13(12-16(22)38-21(26-12)24-9-31)17(32)25-14-18(33)29-15(20(34)35)10(7-37-19(14)29)5-28-4-2-3-11(6-28)23-8-30/h2-4,6,8-9,14,19H,5,7H2,1H3,(H3-,23,24,25,26,30,31,32,34,35)/p+1/b27-13+/t14?,19-/m1/s1. The van der Waals surface area contributed by atoms with Crippen molar-refractivity contribution in [3.8, 4) is 0 Å². The number of carbonyl (C=O) groups excluding carboxylic acids is 4. The third-order valence-corrected chi connectivity index (χ3v) is 7.91. The van der Waals surface area contributed by atoms with Gasteiger partial charge in [0, 0.05) is 17.4 Å². The molecule has 2 aromatic heterocycles. The van der Waals surface area contributed by atoms with Crippen LogP contribution in [0.5, 0.6) is 0 Å². The summed E-state index contributed by atoms with van der Waals surface area (Å²) in [5, 5.41) is 20.4. The van der Waals surface area contributed by atoms with E-state index in [9.17, 15) is 29.1 Å². The highest BCUT2D eigenvalue weighted by atomic mass is 35.5. The fraction of sp³-hybridized carbons (Fsp3) is 0.238. The van der Waals surface area contributed by atoms with Crippen molar-refractivity contribution in [2.45, 2.75) is 18.0 Å². The molecule has 38 heavy (non-hydrogen) atoms. The molecule has 2 aliphatic rings. The lowest BCUT2D eigenvalue weighted by Crippen LogP contribution is -2.71. The number of fused-ring (bicyclic) bond motifs is 1. The Bertz CT molecular complexity index is 1380. The Kier molecular flexibility index (Phi) is 8.23. The number of nitrogens with zero attached hydrogens (tertiary/aromatic N) is 4. The number of nitrogens with one attached hydrogen (secondary N) is 3. The van der Waals surface area contributed by atoms with Crippen LogP contribution in [0.2, 0.25) is 4.34 Å². The predicted molar refractivity (Wildman–Crippen MR) is 136 cm³/mol. The quantitative estimate of drug-likeness (QED) is 0.0934. The highest BCUT2D eigenvalue weighted by Crippen LogP contribution is 2.40. The number of hydrogen-bond acceptors (Lipinski definition) is 10. The number of thioether (sulfide) groups is 1. The van der Waals surface area contributed by atoms with Gasteiger partial charge >= 0.3 is 5.97 Å². The van der Waals surface area contributed by atoms with Crippen LogP contribution in [0, 0.1) is 0 Å². The molecule has 0 spiro atoms. The second-order valence-corrected chi connectivity index (χ2v) is 10.4. The van der Waals surface area contributed by atoms with Crippen LogP contribution < -0.4 is 20.5 Å². The summed E-state index contributed by atoms with van der Waals surface area (Å²) in [4.78, 5) is 69.6. The molecule has 2 aromatic rings. The van der Waals surface area contributed by atoms with Crippen molar-refractivity contribution in [2.24, 2.45) is 5.16 Å². The fourth-order valence-electron chi connectivity index (χ4n) is 3.85. The first-order chi connectivity index (χ1) is 18.3. The first-order valence-electron chi connectivity index (χ1n) is 10.7. The van der Waals surface area contributed by atoms with Crippen LogP contribution in [0.15, 0.2) is 41.0 Å². The Balaban J connectivity index is 1.53. The van der Waals surface area contributed by atoms with Gasteiger partial charge in [-0.2, -0.15) is 4.57 Å². The maximum absolute atomic E-state index is 13.0. The molecule has 14 nitrogen and oxygen atoms in total. The number of halogens is 1. The molecule has 1 unspecified atom stereocenters. The summed E-state index contributed by atoms with van der Waals surface area (Å²) in [5.74, 6) is -2.44. The van der Waals surface area contributed by atoms with E-state index >= 15 is 0 Å². The van der Waals surface area contributed by atoms with E-state index in [0.29, 0.717) is 24.1 Å². The van der Waals surface area contributed by atoms with Gasteiger partial charge in [0.25, 0.3) is 11.8 Å². The largest absolute Gasteiger partial charge is 0.477 e. The topological polar surface area (TPSA) is 183 Å². The van der Waals surface area contributed by atoms with E-state index in [2.05, 4.69) is 26.1 Å². The zero-order valence-electron chi connectivity index (χ0n) is 19.4. The van der Waals surface area contributed by atoms with Gasteiger partial charge < -0.3 is 25.9 Å². The molecule has 4 N–H and O–H groups in total. The number of carboxylic acid groups (broad SMARTS) is 1. The van der Waals surface area contributed by atoms with E-state index in [0.717, 1.165) is 16.2 Å². The molecule has 0 aliphatic carbocycles. The molecule has 17 heteroatoms. The van der Waals surface area contributed by atoms with Crippen LogP contribution in [0.1, 0.15) is 5.69 Å². The van der Waals surface area contributed by atoms with E-state index in [1.165, 1.54) is 18.9 Å². The highest BCUT2D eigenvalue weighted by molar-refractivity contribution is 8.00. The number of oxime groups is 1. The number of carboxylic acids is 1. The van der Waals surface area contributed by atoms with Crippen molar-refractivity contribution in [1.82, 2.24) is 15.2 Å². The molecular formula is C21H19ClN7O7S2+. The Hall–Kier alpha value is -4.02. The van der Waals surface area contributed by atoms with Gasteiger partial charge in [0.05, 0.1) is 0 Å². The molecule has 1 fully saturated rings. The number of amides is 4. The van der Waals surface area contributed by atoms with Crippen LogP contribution in [0.25, 0.3) is 0 Å². The Morgan fingerprint density at radius 2 is 2.13 bits per heavy atom. The number of anilines is 2. The average Bonchev–Trinajstić information content (AvgIpc) is 3.25. The molecular weight excluding hydrogens is 562 g/mol. The van der Waals surface area contributed by atoms with Crippen molar-refractivity contribution < 1.29 is 38.5 Å². The van der Waals surface area contributed by atoms with Crippen LogP contribution in [0.4, 0.5) is 10.8 Å². The van der Waals surface area contributed by atoms with Crippen molar-refractivity contribution in [2.75, 3.05) is 23.5 Å². The highest BCUT2D eigenvalue weighted by Gasteiger charge is 2.55. The monoisotopic (exact) mass is 580 g/mol. The van der Waals surface area contributed by atoms with Crippen LogP contribution in [-0.4, -0.2) is 75.6 Å². The Morgan fingerprint density at radius 3 is 2.82 bits per heavy atom. The molecule has 2 aliphatic heterocycles. The molecule has 0 radical (unpaired) electrons. The molecule has 0 bridgehead atoms. The fourth-order valence-corrected chi connectivity index (χ4v) is 6.19. The zero-order chi connectivity index (χ0) is 27.4. The molecule has 4 amide bonds. The predicted octanol–water partition coefficient (Wildman–Crippen LogP) is 0.00990. The molecule has 1 saturated heterocycles. The third kappa shape index (κ3) is 5.32. The van der Waals surface area contributed by atoms with Gasteiger partial charge in [0.15, 0.2) is 29.8 Å². The lowest BCUT2D eigenvalue weighted by molar-refractivity contribution is -0.688. The third-order valence-electron chi connectivity index (χ3n) is 5.38. The molecule has 4 heterocycles. The summed E-state index contributed by atoms with van der Waals surface area (Å²) in [5.41, 5.74) is 0.457. The number of aliphatic carboxylic acids is 1. The minimum absolute atomic E-state index is 0.0551. The normalized spacial score (nSPS) is 18.7. The molecule has 198 valence electrons. The number of β-lactam (4-membered cyclic amide) rings is 1. The molecule has 0 aromatic carbocycles. The van der Waals surface area contributed by atoms with Crippen molar-refractivity contribution in [3.05, 3.63) is 45.8 Å². The number of pyridine rings is 1. The SMILES string of the molecule is CO/N=C(/C(=O)NC1C(=O)N2C(C(=O)O)=C(C[n+]3cccc(NC=O)c3)CS[C@H]12)c1nc(NC=O)sc1Cl. The van der Waals surface area contributed by atoms with Crippen molar-refractivity contribution in [3.63, 3.8) is 0 Å². The van der Waals surface area contributed by atoms with Gasteiger partial charge in [0.1, 0.15) is 39.9 Å². The first-order valence-corrected chi connectivity index (χ1v) is 12.9. The van der Waals surface area contributed by atoms with Crippen molar-refractivity contribution >= 4 is 81.8 Å². The Morgan fingerprint density at radius 1 is 1.37 bits per heavy atom. The number of hydrogen-bond donors (Lipinski definition) is 4. The van der Waals surface area contributed by atoms with Crippen LogP contribution >= 0.6 is 34.7 Å². The summed E-state index contributed by atoms with van der Waals surface area (Å²) in [7, 11) is 1.21. The minimum atomic E-state index is -1.28. The summed E-state index contributed by atoms with van der Waals surface area (Å²) in [6.07, 6.45) is 4.26. The second-order valence-electron chi connectivity index (χ2n) is 7.67. The maximum Gasteiger partial charge on any atom is 0.352 e. The number of aromatic nitrogens is 2. The zero-order valence-corrected chi connectivity index (χ0v) is 21.8. The van der Waals surface area contributed by atoms with Gasteiger partial charge in [-0.15, -0.1) is 11.8 Å². The van der Waals surface area contributed by atoms with Gasteiger partial charge in [-0.05, 0) is 6.07 Å². The maximum atomic E-state index is 13.0. The lowest BCUT2D eigenvalue weighted by atomic mass is 10.0. The van der Waals surface area contributed by atoms with E-state index in [1.54, 1.807) is 29.1 Å². The van der Waals surface area contributed by atoms with Crippen molar-refractivity contribution in [1.29, 1.82) is 0 Å². The summed E-state index contributed by atoms with van der Waals surface area (Å²) < 4.78 is 1.74. The minimum Gasteiger partial charge on any atom is -0.477 e. The van der Waals surface area contributed by atoms with Gasteiger partial charge in [-0.1, -0.05) is 28.1 Å². The summed E-state index contributed by atoms with van der Waals surface area (Å²) >= 11 is 8.34. The van der Waals surface area contributed by atoms with E-state index in [-0.39, 0.29) is 38.9 Å². The average molecular weight is 581 g/mol. The smallest absolute Gasteiger partial charge is 0.352 e. The number of rotatable bonds is 11. The second kappa shape index (κ2) is 11.6. The van der Waals surface area contributed by atoms with Gasteiger partial charge in [0.2, 0.25) is 12.8 Å². The van der Waals surface area contributed by atoms with Crippen LogP contribution in [-0.2, 0) is 35.4 Å². The van der Waals surface area contributed by atoms with E-state index < -0.39 is 29.2 Å². The lowest BCUT2D eigenvalue weighted by Gasteiger charge is -2.49. The van der Waals surface area contributed by atoms with E-state index in [1.807, 2.05) is 0 Å². The molecule has 0 saturated carbocycles. The Labute approximate surface area is 227 Å².